The molecule has 0 N–H and O–H groups in total. The average Bonchev–Trinajstić information content (AvgIpc) is 2.23. The van der Waals surface area contributed by atoms with Crippen molar-refractivity contribution in [3.63, 3.8) is 0 Å². The molecule has 0 aromatic heterocycles. The third kappa shape index (κ3) is 5.65. The number of Topliss-reactive ketones (excluding diaryl/α,β-unsaturated/α-hetero) is 1. The molecule has 0 radical (unpaired) electrons. The molecular weight excluding hydrogens is 246 g/mol. The number of rotatable bonds is 5. The summed E-state index contributed by atoms with van der Waals surface area (Å²) in [6.07, 6.45) is 0.535. The Hall–Kier alpha value is -0.860. The molecule has 0 bridgehead atoms. The van der Waals surface area contributed by atoms with Crippen LogP contribution in [0.2, 0.25) is 5.02 Å². The number of carbonyl (C=O) groups excluding carboxylic acids is 1. The van der Waals surface area contributed by atoms with Crippen LogP contribution < -0.4 is 0 Å². The molecule has 0 aliphatic rings. The van der Waals surface area contributed by atoms with E-state index in [1.54, 1.807) is 12.1 Å². The van der Waals surface area contributed by atoms with Crippen LogP contribution in [-0.4, -0.2) is 30.8 Å². The van der Waals surface area contributed by atoms with E-state index in [1.807, 2.05) is 12.1 Å². The van der Waals surface area contributed by atoms with Crippen molar-refractivity contribution in [2.24, 2.45) is 5.41 Å². The number of ketones is 1. The van der Waals surface area contributed by atoms with Crippen molar-refractivity contribution in [1.82, 2.24) is 4.90 Å². The minimum atomic E-state index is 0.151. The lowest BCUT2D eigenvalue weighted by Gasteiger charge is -2.26. The number of nitrogens with zero attached hydrogens (tertiary/aromatic N) is 1. The predicted octanol–water partition coefficient (Wildman–Crippen LogP) is 3.89. The van der Waals surface area contributed by atoms with Crippen molar-refractivity contribution in [2.45, 2.75) is 27.2 Å². The topological polar surface area (TPSA) is 20.3 Å². The van der Waals surface area contributed by atoms with Crippen molar-refractivity contribution in [2.75, 3.05) is 20.1 Å². The molecule has 0 amide bonds. The summed E-state index contributed by atoms with van der Waals surface area (Å²) in [5, 5.41) is 0.615. The van der Waals surface area contributed by atoms with Gasteiger partial charge in [-0.3, -0.25) is 4.79 Å². The van der Waals surface area contributed by atoms with Gasteiger partial charge in [-0.1, -0.05) is 44.5 Å². The lowest BCUT2D eigenvalue weighted by molar-refractivity contribution is 0.0961. The highest BCUT2D eigenvalue weighted by molar-refractivity contribution is 6.31. The standard InChI is InChI=1S/C15H22ClNO/c1-15(2,3)11-17(4)9-8-14(18)12-6-5-7-13(16)10-12/h5-7,10H,8-9,11H2,1-4H3. The first-order valence-corrected chi connectivity index (χ1v) is 6.63. The van der Waals surface area contributed by atoms with E-state index in [0.29, 0.717) is 17.0 Å². The van der Waals surface area contributed by atoms with Gasteiger partial charge in [0.25, 0.3) is 0 Å². The number of benzene rings is 1. The number of halogens is 1. The monoisotopic (exact) mass is 267 g/mol. The molecule has 0 atom stereocenters. The summed E-state index contributed by atoms with van der Waals surface area (Å²) in [4.78, 5) is 14.2. The average molecular weight is 268 g/mol. The summed E-state index contributed by atoms with van der Waals surface area (Å²) in [7, 11) is 2.05. The molecule has 3 heteroatoms. The van der Waals surface area contributed by atoms with Gasteiger partial charge < -0.3 is 4.90 Å². The normalized spacial score (nSPS) is 11.9. The van der Waals surface area contributed by atoms with Crippen LogP contribution in [0, 0.1) is 5.41 Å². The molecule has 0 unspecified atom stereocenters. The number of hydrogen-bond acceptors (Lipinski definition) is 2. The molecule has 0 aliphatic carbocycles. The van der Waals surface area contributed by atoms with Crippen molar-refractivity contribution in [3.8, 4) is 0 Å². The highest BCUT2D eigenvalue weighted by atomic mass is 35.5. The molecule has 2 nitrogen and oxygen atoms in total. The molecule has 0 aliphatic heterocycles. The van der Waals surface area contributed by atoms with Crippen LogP contribution in [-0.2, 0) is 0 Å². The van der Waals surface area contributed by atoms with Crippen LogP contribution in [0.1, 0.15) is 37.6 Å². The number of carbonyl (C=O) groups is 1. The highest BCUT2D eigenvalue weighted by Crippen LogP contribution is 2.15. The molecule has 1 rings (SSSR count). The van der Waals surface area contributed by atoms with Crippen LogP contribution in [0.5, 0.6) is 0 Å². The highest BCUT2D eigenvalue weighted by Gasteiger charge is 2.14. The summed E-state index contributed by atoms with van der Waals surface area (Å²) in [6.45, 7) is 8.35. The van der Waals surface area contributed by atoms with Crippen molar-refractivity contribution >= 4 is 17.4 Å². The van der Waals surface area contributed by atoms with Gasteiger partial charge in [0, 0.05) is 30.1 Å². The summed E-state index contributed by atoms with van der Waals surface area (Å²) in [6, 6.07) is 7.14. The largest absolute Gasteiger partial charge is 0.305 e. The Morgan fingerprint density at radius 2 is 2.00 bits per heavy atom. The van der Waals surface area contributed by atoms with Gasteiger partial charge in [0.2, 0.25) is 0 Å². The lowest BCUT2D eigenvalue weighted by atomic mass is 9.96. The van der Waals surface area contributed by atoms with Crippen molar-refractivity contribution in [3.05, 3.63) is 34.9 Å². The van der Waals surface area contributed by atoms with Gasteiger partial charge in [0.15, 0.2) is 5.78 Å². The molecule has 0 saturated heterocycles. The van der Waals surface area contributed by atoms with Gasteiger partial charge in [-0.25, -0.2) is 0 Å². The molecule has 1 aromatic rings. The smallest absolute Gasteiger partial charge is 0.164 e. The minimum absolute atomic E-state index is 0.151. The van der Waals surface area contributed by atoms with Crippen molar-refractivity contribution in [1.29, 1.82) is 0 Å². The number of hydrogen-bond donors (Lipinski definition) is 0. The van der Waals surface area contributed by atoms with Crippen LogP contribution in [0.25, 0.3) is 0 Å². The molecular formula is C15H22ClNO. The van der Waals surface area contributed by atoms with Gasteiger partial charge >= 0.3 is 0 Å². The summed E-state index contributed by atoms with van der Waals surface area (Å²) >= 11 is 5.88. The first kappa shape index (κ1) is 15.2. The molecule has 1 aromatic carbocycles. The Morgan fingerprint density at radius 3 is 2.56 bits per heavy atom. The first-order chi connectivity index (χ1) is 8.28. The maximum Gasteiger partial charge on any atom is 0.164 e. The Balaban J connectivity index is 2.47. The van der Waals surface area contributed by atoms with Crippen LogP contribution >= 0.6 is 11.6 Å². The van der Waals surface area contributed by atoms with Gasteiger partial charge in [-0.2, -0.15) is 0 Å². The van der Waals surface area contributed by atoms with Gasteiger partial charge in [-0.15, -0.1) is 0 Å². The third-order valence-electron chi connectivity index (χ3n) is 2.61. The van der Waals surface area contributed by atoms with E-state index in [-0.39, 0.29) is 11.2 Å². The molecule has 0 heterocycles. The quantitative estimate of drug-likeness (QED) is 0.755. The Labute approximate surface area is 115 Å². The first-order valence-electron chi connectivity index (χ1n) is 6.25. The van der Waals surface area contributed by atoms with E-state index >= 15 is 0 Å². The van der Waals surface area contributed by atoms with E-state index in [2.05, 4.69) is 32.7 Å². The van der Waals surface area contributed by atoms with Crippen LogP contribution in [0.4, 0.5) is 0 Å². The van der Waals surface area contributed by atoms with Gasteiger partial charge in [0.05, 0.1) is 0 Å². The van der Waals surface area contributed by atoms with Crippen LogP contribution in [0.3, 0.4) is 0 Å². The zero-order valence-electron chi connectivity index (χ0n) is 11.7. The maximum absolute atomic E-state index is 12.0. The fourth-order valence-electron chi connectivity index (χ4n) is 1.99. The lowest BCUT2D eigenvalue weighted by Crippen LogP contribution is -2.31. The van der Waals surface area contributed by atoms with Gasteiger partial charge in [0.1, 0.15) is 0 Å². The Kier molecular flexibility index (Phi) is 5.36. The van der Waals surface area contributed by atoms with Crippen molar-refractivity contribution < 1.29 is 4.79 Å². The zero-order chi connectivity index (χ0) is 13.8. The zero-order valence-corrected chi connectivity index (χ0v) is 12.4. The fraction of sp³-hybridized carbons (Fsp3) is 0.533. The minimum Gasteiger partial charge on any atom is -0.305 e. The summed E-state index contributed by atoms with van der Waals surface area (Å²) < 4.78 is 0. The molecule has 0 spiro atoms. The summed E-state index contributed by atoms with van der Waals surface area (Å²) in [5.74, 6) is 0.151. The second-order valence-electron chi connectivity index (χ2n) is 5.98. The third-order valence-corrected chi connectivity index (χ3v) is 2.85. The maximum atomic E-state index is 12.0. The van der Waals surface area contributed by atoms with E-state index in [9.17, 15) is 4.79 Å². The van der Waals surface area contributed by atoms with E-state index in [0.717, 1.165) is 13.1 Å². The fourth-order valence-corrected chi connectivity index (χ4v) is 2.18. The molecule has 100 valence electrons. The van der Waals surface area contributed by atoms with Crippen LogP contribution in [0.15, 0.2) is 24.3 Å². The molecule has 0 fully saturated rings. The predicted molar refractivity (Wildman–Crippen MR) is 77.4 cm³/mol. The second kappa shape index (κ2) is 6.35. The SMILES string of the molecule is CN(CCC(=O)c1cccc(Cl)c1)CC(C)(C)C. The van der Waals surface area contributed by atoms with E-state index in [4.69, 9.17) is 11.6 Å². The molecule has 18 heavy (non-hydrogen) atoms. The Morgan fingerprint density at radius 1 is 1.33 bits per heavy atom. The van der Waals surface area contributed by atoms with Gasteiger partial charge in [-0.05, 0) is 24.6 Å². The molecule has 0 saturated carbocycles. The summed E-state index contributed by atoms with van der Waals surface area (Å²) in [5.41, 5.74) is 0.958. The Bertz CT molecular complexity index is 409. The second-order valence-corrected chi connectivity index (χ2v) is 6.42. The van der Waals surface area contributed by atoms with E-state index < -0.39 is 0 Å². The van der Waals surface area contributed by atoms with E-state index in [1.165, 1.54) is 0 Å².